The van der Waals surface area contributed by atoms with E-state index in [-0.39, 0.29) is 29.3 Å². The molecule has 10 nitrogen and oxygen atoms in total. The van der Waals surface area contributed by atoms with Crippen LogP contribution in [0.1, 0.15) is 46.6 Å². The van der Waals surface area contributed by atoms with Crippen LogP contribution in [0.3, 0.4) is 0 Å². The lowest BCUT2D eigenvalue weighted by atomic mass is 9.84. The second-order valence-corrected chi connectivity index (χ2v) is 11.3. The van der Waals surface area contributed by atoms with E-state index in [1.165, 1.54) is 32.0 Å². The van der Waals surface area contributed by atoms with E-state index in [1.54, 1.807) is 20.8 Å². The molecule has 0 spiro atoms. The maximum atomic E-state index is 13.6. The van der Waals surface area contributed by atoms with Crippen molar-refractivity contribution in [2.45, 2.75) is 62.2 Å². The molecular weight excluding hydrogens is 402 g/mol. The van der Waals surface area contributed by atoms with E-state index < -0.39 is 42.0 Å². The Balaban J connectivity index is 2.40. The number of benzene rings is 1. The number of carbonyl (C=O) groups is 1. The number of non-ortho nitro benzene ring substituents is 1. The highest BCUT2D eigenvalue weighted by atomic mass is 32.2. The van der Waals surface area contributed by atoms with E-state index in [0.717, 1.165) is 0 Å². The van der Waals surface area contributed by atoms with Gasteiger partial charge in [-0.15, -0.1) is 0 Å². The minimum absolute atomic E-state index is 0.0710. The van der Waals surface area contributed by atoms with E-state index >= 15 is 0 Å². The third-order valence-electron chi connectivity index (χ3n) is 5.63. The fourth-order valence-corrected chi connectivity index (χ4v) is 6.44. The summed E-state index contributed by atoms with van der Waals surface area (Å²) in [6, 6.07) is 3.95. The summed E-state index contributed by atoms with van der Waals surface area (Å²) in [4.78, 5) is 26.6. The van der Waals surface area contributed by atoms with Crippen LogP contribution in [0.15, 0.2) is 23.2 Å². The van der Waals surface area contributed by atoms with Crippen LogP contribution in [-0.2, 0) is 15.4 Å². The number of amides is 1. The molecule has 2 N–H and O–H groups in total. The molecule has 0 aliphatic carbocycles. The van der Waals surface area contributed by atoms with Gasteiger partial charge in [-0.05, 0) is 40.7 Å². The Morgan fingerprint density at radius 2 is 1.93 bits per heavy atom. The molecule has 2 aliphatic rings. The lowest BCUT2D eigenvalue weighted by Crippen LogP contribution is -2.62. The van der Waals surface area contributed by atoms with Crippen molar-refractivity contribution in [2.24, 2.45) is 4.99 Å². The van der Waals surface area contributed by atoms with Gasteiger partial charge in [0, 0.05) is 24.1 Å². The zero-order chi connectivity index (χ0) is 22.0. The predicted octanol–water partition coefficient (Wildman–Crippen LogP) is 2.61. The minimum Gasteiger partial charge on any atom is -0.487 e. The molecule has 2 atom stereocenters. The molecule has 0 radical (unpaired) electrons. The van der Waals surface area contributed by atoms with Crippen LogP contribution in [0.4, 0.5) is 10.5 Å². The molecular formula is C18H23N3O7S. The van der Waals surface area contributed by atoms with Crippen molar-refractivity contribution in [1.29, 1.82) is 0 Å². The number of rotatable bonds is 1. The predicted molar refractivity (Wildman–Crippen MR) is 105 cm³/mol. The number of sulfone groups is 1. The summed E-state index contributed by atoms with van der Waals surface area (Å²) in [6.45, 7) is 7.80. The molecule has 1 amide bonds. The Kier molecular flexibility index (Phi) is 4.46. The topological polar surface area (TPSA) is 148 Å². The Morgan fingerprint density at radius 1 is 1.31 bits per heavy atom. The summed E-state index contributed by atoms with van der Waals surface area (Å²) in [5.74, 6) is 0.0415. The van der Waals surface area contributed by atoms with Gasteiger partial charge in [0.2, 0.25) is 0 Å². The van der Waals surface area contributed by atoms with E-state index in [4.69, 9.17) is 4.74 Å². The zero-order valence-electron chi connectivity index (χ0n) is 16.7. The SMILES string of the molecule is CC1(C)C[C@H]2[C@](C)(N=C(NC(=O)O)C(C)(C)S2(=O)=O)c2cc([N+](=O)[O-])ccc2O1. The standard InChI is InChI=1S/C18H23N3O7S/c1-16(2)9-13-18(5,11-8-10(21(24)25)6-7-12(11)28-16)20-14(19-15(22)23)17(3,4)29(13,26)27/h6-8,13H,9H2,1-5H3,(H,19,20)(H,22,23)/t13-,18+/m0/s1. The smallest absolute Gasteiger partial charge is 0.410 e. The lowest BCUT2D eigenvalue weighted by Gasteiger charge is -2.44. The molecule has 1 aromatic carbocycles. The van der Waals surface area contributed by atoms with Crippen LogP contribution in [0, 0.1) is 10.1 Å². The third kappa shape index (κ3) is 3.13. The highest BCUT2D eigenvalue weighted by molar-refractivity contribution is 7.94. The van der Waals surface area contributed by atoms with Crippen molar-refractivity contribution in [1.82, 2.24) is 5.32 Å². The van der Waals surface area contributed by atoms with Gasteiger partial charge in [-0.3, -0.25) is 20.4 Å². The van der Waals surface area contributed by atoms with Gasteiger partial charge < -0.3 is 9.84 Å². The molecule has 0 unspecified atom stereocenters. The number of fused-ring (bicyclic) bond motifs is 3. The number of aliphatic imine (C=N–C) groups is 1. The molecule has 0 fully saturated rings. The van der Waals surface area contributed by atoms with Crippen LogP contribution < -0.4 is 10.1 Å². The van der Waals surface area contributed by atoms with Crippen molar-refractivity contribution in [3.63, 3.8) is 0 Å². The first-order valence-electron chi connectivity index (χ1n) is 8.93. The second-order valence-electron chi connectivity index (χ2n) is 8.59. The van der Waals surface area contributed by atoms with Gasteiger partial charge in [0.25, 0.3) is 5.69 Å². The number of hydrogen-bond acceptors (Lipinski definition) is 7. The number of amidine groups is 1. The number of ether oxygens (including phenoxy) is 1. The summed E-state index contributed by atoms with van der Waals surface area (Å²) < 4.78 is 31.7. The lowest BCUT2D eigenvalue weighted by molar-refractivity contribution is -0.385. The average molecular weight is 425 g/mol. The van der Waals surface area contributed by atoms with E-state index in [1.807, 2.05) is 0 Å². The van der Waals surface area contributed by atoms with Crippen LogP contribution in [0.2, 0.25) is 0 Å². The zero-order valence-corrected chi connectivity index (χ0v) is 17.5. The molecule has 11 heteroatoms. The van der Waals surface area contributed by atoms with E-state index in [2.05, 4.69) is 10.3 Å². The average Bonchev–Trinajstić information content (AvgIpc) is 2.65. The molecule has 2 aliphatic heterocycles. The largest absolute Gasteiger partial charge is 0.487 e. The molecule has 3 rings (SSSR count). The number of nitrogens with one attached hydrogen (secondary N) is 1. The van der Waals surface area contributed by atoms with Crippen LogP contribution in [0.5, 0.6) is 5.75 Å². The van der Waals surface area contributed by atoms with Gasteiger partial charge >= 0.3 is 6.09 Å². The highest BCUT2D eigenvalue weighted by Gasteiger charge is 2.60. The monoisotopic (exact) mass is 425 g/mol. The summed E-state index contributed by atoms with van der Waals surface area (Å²) in [5, 5.41) is 21.6. The van der Waals surface area contributed by atoms with Gasteiger partial charge in [-0.25, -0.2) is 13.2 Å². The molecule has 1 aromatic rings. The third-order valence-corrected chi connectivity index (χ3v) is 8.63. The first kappa shape index (κ1) is 21.0. The van der Waals surface area contributed by atoms with Crippen LogP contribution in [0.25, 0.3) is 0 Å². The van der Waals surface area contributed by atoms with E-state index in [0.29, 0.717) is 0 Å². The van der Waals surface area contributed by atoms with Gasteiger partial charge in [0.15, 0.2) is 9.84 Å². The van der Waals surface area contributed by atoms with Gasteiger partial charge in [-0.2, -0.15) is 0 Å². The number of carboxylic acid groups (broad SMARTS) is 1. The number of nitro benzene ring substituents is 1. The fraction of sp³-hybridized carbons (Fsp3) is 0.556. The minimum atomic E-state index is -3.99. The molecule has 0 bridgehead atoms. The number of hydrogen-bond donors (Lipinski definition) is 2. The quantitative estimate of drug-likeness (QED) is 0.519. The van der Waals surface area contributed by atoms with Crippen LogP contribution in [-0.4, -0.2) is 46.0 Å². The first-order valence-corrected chi connectivity index (χ1v) is 10.5. The molecule has 2 heterocycles. The molecule has 0 aromatic heterocycles. The number of nitro groups is 1. The molecule has 29 heavy (non-hydrogen) atoms. The van der Waals surface area contributed by atoms with Gasteiger partial charge in [0.05, 0.1) is 10.2 Å². The second kappa shape index (κ2) is 6.15. The number of nitrogens with zero attached hydrogens (tertiary/aromatic N) is 2. The van der Waals surface area contributed by atoms with Crippen molar-refractivity contribution in [2.75, 3.05) is 0 Å². The first-order chi connectivity index (χ1) is 13.1. The van der Waals surface area contributed by atoms with Gasteiger partial charge in [0.1, 0.15) is 27.5 Å². The summed E-state index contributed by atoms with van der Waals surface area (Å²) in [7, 11) is -3.99. The molecule has 0 saturated heterocycles. The fourth-order valence-electron chi connectivity index (χ4n) is 3.96. The Labute approximate surface area is 168 Å². The normalized spacial score (nSPS) is 28.6. The Hall–Kier alpha value is -2.69. The highest BCUT2D eigenvalue weighted by Crippen LogP contribution is 2.51. The summed E-state index contributed by atoms with van der Waals surface area (Å²) in [6.07, 6.45) is -1.37. The Morgan fingerprint density at radius 3 is 2.48 bits per heavy atom. The maximum absolute atomic E-state index is 13.6. The summed E-state index contributed by atoms with van der Waals surface area (Å²) in [5.41, 5.74) is -2.39. The van der Waals surface area contributed by atoms with Crippen molar-refractivity contribution < 1.29 is 28.0 Å². The maximum Gasteiger partial charge on any atom is 0.410 e. The summed E-state index contributed by atoms with van der Waals surface area (Å²) >= 11 is 0. The Bertz CT molecular complexity index is 1050. The van der Waals surface area contributed by atoms with Gasteiger partial charge in [-0.1, -0.05) is 0 Å². The molecule has 158 valence electrons. The van der Waals surface area contributed by atoms with Crippen LogP contribution >= 0.6 is 0 Å². The van der Waals surface area contributed by atoms with Crippen molar-refractivity contribution in [3.8, 4) is 5.75 Å². The van der Waals surface area contributed by atoms with E-state index in [9.17, 15) is 28.4 Å². The molecule has 0 saturated carbocycles. The van der Waals surface area contributed by atoms with Crippen molar-refractivity contribution >= 4 is 27.5 Å². The van der Waals surface area contributed by atoms with Crippen molar-refractivity contribution in [3.05, 3.63) is 33.9 Å².